The van der Waals surface area contributed by atoms with Gasteiger partial charge < -0.3 is 5.73 Å². The lowest BCUT2D eigenvalue weighted by Gasteiger charge is -2.06. The molecule has 0 amide bonds. The van der Waals surface area contributed by atoms with E-state index in [4.69, 9.17) is 10.7 Å². The van der Waals surface area contributed by atoms with Gasteiger partial charge in [-0.25, -0.2) is 15.0 Å². The third kappa shape index (κ3) is 3.53. The molecule has 0 aliphatic carbocycles. The van der Waals surface area contributed by atoms with Crippen LogP contribution in [0.4, 0.5) is 5.95 Å². The Balaban J connectivity index is 1.95. The SMILES string of the molecule is CCCc1nc(N)nc2ccc(-c3cnn(CCC(C)C)c3)nc12. The molecule has 0 aliphatic rings. The molecule has 0 fully saturated rings. The minimum atomic E-state index is 0.307. The van der Waals surface area contributed by atoms with Crippen molar-refractivity contribution in [1.29, 1.82) is 0 Å². The predicted octanol–water partition coefficient (Wildman–Crippen LogP) is 3.47. The number of nitrogens with two attached hydrogens (primary N) is 1. The number of rotatable bonds is 6. The molecule has 0 aliphatic heterocycles. The first-order valence-corrected chi connectivity index (χ1v) is 8.52. The monoisotopic (exact) mass is 324 g/mol. The standard InChI is InChI=1S/C18H24N6/c1-4-5-15-17-16(23-18(19)22-15)7-6-14(21-17)13-10-20-24(11-13)9-8-12(2)3/h6-7,10-12H,4-5,8-9H2,1-3H3,(H2,19,22,23). The number of hydrogen-bond acceptors (Lipinski definition) is 5. The largest absolute Gasteiger partial charge is 0.368 e. The summed E-state index contributed by atoms with van der Waals surface area (Å²) in [5.41, 5.74) is 10.2. The lowest BCUT2D eigenvalue weighted by atomic mass is 10.1. The van der Waals surface area contributed by atoms with Crippen molar-refractivity contribution in [3.8, 4) is 11.3 Å². The van der Waals surface area contributed by atoms with Crippen LogP contribution in [0.1, 0.15) is 39.3 Å². The molecule has 24 heavy (non-hydrogen) atoms. The summed E-state index contributed by atoms with van der Waals surface area (Å²) in [7, 11) is 0. The first-order chi connectivity index (χ1) is 11.6. The van der Waals surface area contributed by atoms with E-state index in [1.807, 2.05) is 29.2 Å². The lowest BCUT2D eigenvalue weighted by Crippen LogP contribution is -2.02. The van der Waals surface area contributed by atoms with Crippen LogP contribution in [0.3, 0.4) is 0 Å². The first-order valence-electron chi connectivity index (χ1n) is 8.52. The molecule has 0 radical (unpaired) electrons. The summed E-state index contributed by atoms with van der Waals surface area (Å²) in [6.45, 7) is 7.48. The second-order valence-electron chi connectivity index (χ2n) is 6.52. The van der Waals surface area contributed by atoms with Crippen molar-refractivity contribution in [2.75, 3.05) is 5.73 Å². The van der Waals surface area contributed by atoms with Gasteiger partial charge in [-0.15, -0.1) is 0 Å². The van der Waals surface area contributed by atoms with Crippen LogP contribution in [-0.4, -0.2) is 24.7 Å². The zero-order valence-electron chi connectivity index (χ0n) is 14.5. The molecule has 0 aromatic carbocycles. The Hall–Kier alpha value is -2.50. The molecule has 3 rings (SSSR count). The smallest absolute Gasteiger partial charge is 0.220 e. The van der Waals surface area contributed by atoms with Crippen LogP contribution >= 0.6 is 0 Å². The van der Waals surface area contributed by atoms with Crippen molar-refractivity contribution in [2.45, 2.75) is 46.6 Å². The summed E-state index contributed by atoms with van der Waals surface area (Å²) in [6.07, 6.45) is 6.86. The van der Waals surface area contributed by atoms with Gasteiger partial charge in [-0.05, 0) is 30.9 Å². The van der Waals surface area contributed by atoms with Gasteiger partial charge >= 0.3 is 0 Å². The fourth-order valence-corrected chi connectivity index (χ4v) is 2.67. The number of aryl methyl sites for hydroxylation is 2. The highest BCUT2D eigenvalue weighted by Crippen LogP contribution is 2.22. The van der Waals surface area contributed by atoms with E-state index in [2.05, 4.69) is 35.8 Å². The molecular formula is C18H24N6. The predicted molar refractivity (Wildman–Crippen MR) is 96.4 cm³/mol. The van der Waals surface area contributed by atoms with Crippen molar-refractivity contribution >= 4 is 17.0 Å². The number of hydrogen-bond donors (Lipinski definition) is 1. The molecule has 0 spiro atoms. The van der Waals surface area contributed by atoms with Gasteiger partial charge in [0.2, 0.25) is 5.95 Å². The van der Waals surface area contributed by atoms with Gasteiger partial charge in [-0.2, -0.15) is 5.10 Å². The Bertz CT molecular complexity index is 837. The molecule has 6 heteroatoms. The van der Waals surface area contributed by atoms with Crippen molar-refractivity contribution in [3.63, 3.8) is 0 Å². The number of anilines is 1. The van der Waals surface area contributed by atoms with Gasteiger partial charge in [0.25, 0.3) is 0 Å². The van der Waals surface area contributed by atoms with Crippen LogP contribution in [0.2, 0.25) is 0 Å². The molecular weight excluding hydrogens is 300 g/mol. The Morgan fingerprint density at radius 1 is 1.17 bits per heavy atom. The van der Waals surface area contributed by atoms with Crippen molar-refractivity contribution in [1.82, 2.24) is 24.7 Å². The third-order valence-electron chi connectivity index (χ3n) is 3.98. The van der Waals surface area contributed by atoms with Crippen LogP contribution in [0.5, 0.6) is 0 Å². The fraction of sp³-hybridized carbons (Fsp3) is 0.444. The van der Waals surface area contributed by atoms with E-state index in [0.29, 0.717) is 11.9 Å². The molecule has 3 aromatic rings. The summed E-state index contributed by atoms with van der Waals surface area (Å²) in [6, 6.07) is 3.93. The molecule has 3 aromatic heterocycles. The second kappa shape index (κ2) is 6.95. The van der Waals surface area contributed by atoms with E-state index in [0.717, 1.165) is 53.8 Å². The number of aromatic nitrogens is 5. The van der Waals surface area contributed by atoms with E-state index in [1.54, 1.807) is 0 Å². The first kappa shape index (κ1) is 16.4. The van der Waals surface area contributed by atoms with E-state index in [1.165, 1.54) is 0 Å². The summed E-state index contributed by atoms with van der Waals surface area (Å²) in [5.74, 6) is 0.970. The number of pyridine rings is 1. The van der Waals surface area contributed by atoms with Gasteiger partial charge in [0.05, 0.1) is 23.1 Å². The molecule has 2 N–H and O–H groups in total. The minimum absolute atomic E-state index is 0.307. The van der Waals surface area contributed by atoms with Crippen molar-refractivity contribution in [2.24, 2.45) is 5.92 Å². The van der Waals surface area contributed by atoms with Crippen LogP contribution in [0.15, 0.2) is 24.5 Å². The van der Waals surface area contributed by atoms with Gasteiger partial charge in [0, 0.05) is 18.3 Å². The highest BCUT2D eigenvalue weighted by atomic mass is 15.3. The highest BCUT2D eigenvalue weighted by Gasteiger charge is 2.10. The molecule has 0 atom stereocenters. The second-order valence-corrected chi connectivity index (χ2v) is 6.52. The lowest BCUT2D eigenvalue weighted by molar-refractivity contribution is 0.487. The maximum atomic E-state index is 5.80. The Morgan fingerprint density at radius 2 is 2.00 bits per heavy atom. The molecule has 6 nitrogen and oxygen atoms in total. The van der Waals surface area contributed by atoms with E-state index < -0.39 is 0 Å². The van der Waals surface area contributed by atoms with Gasteiger partial charge in [-0.1, -0.05) is 27.2 Å². The summed E-state index contributed by atoms with van der Waals surface area (Å²) in [5, 5.41) is 4.44. The molecule has 3 heterocycles. The topological polar surface area (TPSA) is 82.5 Å². The molecule has 0 saturated carbocycles. The maximum absolute atomic E-state index is 5.80. The Kier molecular flexibility index (Phi) is 4.74. The minimum Gasteiger partial charge on any atom is -0.368 e. The zero-order valence-corrected chi connectivity index (χ0v) is 14.5. The number of nitrogens with zero attached hydrogens (tertiary/aromatic N) is 5. The fourth-order valence-electron chi connectivity index (χ4n) is 2.67. The summed E-state index contributed by atoms with van der Waals surface area (Å²) >= 11 is 0. The molecule has 0 bridgehead atoms. The molecule has 126 valence electrons. The van der Waals surface area contributed by atoms with E-state index >= 15 is 0 Å². The van der Waals surface area contributed by atoms with Crippen molar-refractivity contribution in [3.05, 3.63) is 30.2 Å². The summed E-state index contributed by atoms with van der Waals surface area (Å²) in [4.78, 5) is 13.4. The molecule has 0 saturated heterocycles. The van der Waals surface area contributed by atoms with Crippen LogP contribution in [0.25, 0.3) is 22.3 Å². The van der Waals surface area contributed by atoms with Crippen molar-refractivity contribution < 1.29 is 0 Å². The number of nitrogen functional groups attached to an aromatic ring is 1. The average Bonchev–Trinajstić information content (AvgIpc) is 3.02. The maximum Gasteiger partial charge on any atom is 0.220 e. The van der Waals surface area contributed by atoms with Crippen LogP contribution < -0.4 is 5.73 Å². The van der Waals surface area contributed by atoms with Gasteiger partial charge in [-0.3, -0.25) is 4.68 Å². The molecule has 0 unspecified atom stereocenters. The van der Waals surface area contributed by atoms with Gasteiger partial charge in [0.15, 0.2) is 0 Å². The van der Waals surface area contributed by atoms with Crippen LogP contribution in [-0.2, 0) is 13.0 Å². The quantitative estimate of drug-likeness (QED) is 0.750. The third-order valence-corrected chi connectivity index (χ3v) is 3.98. The summed E-state index contributed by atoms with van der Waals surface area (Å²) < 4.78 is 1.98. The Morgan fingerprint density at radius 3 is 2.75 bits per heavy atom. The highest BCUT2D eigenvalue weighted by molar-refractivity contribution is 5.80. The van der Waals surface area contributed by atoms with E-state index in [9.17, 15) is 0 Å². The zero-order chi connectivity index (χ0) is 17.1. The normalized spacial score (nSPS) is 11.5. The van der Waals surface area contributed by atoms with Crippen LogP contribution in [0, 0.1) is 5.92 Å². The average molecular weight is 324 g/mol. The number of fused-ring (bicyclic) bond motifs is 1. The van der Waals surface area contributed by atoms with Gasteiger partial charge in [0.1, 0.15) is 5.52 Å². The van der Waals surface area contributed by atoms with E-state index in [-0.39, 0.29) is 0 Å². The Labute approximate surface area is 142 Å².